The fourth-order valence-electron chi connectivity index (χ4n) is 5.40. The number of benzene rings is 1. The molecule has 5 rings (SSSR count). The molecule has 1 saturated heterocycles. The quantitative estimate of drug-likeness (QED) is 0.733. The maximum Gasteiger partial charge on any atom is 0.257 e. The van der Waals surface area contributed by atoms with E-state index >= 15 is 0 Å². The number of halogens is 1. The molecule has 0 bridgehead atoms. The SMILES string of the molecule is COc1nc(N2C[C@H]3CSC(NC(=O)c4ccccc4)=N[C@@]3(C3CCCC3)C2)nc(C)c1F. The van der Waals surface area contributed by atoms with E-state index < -0.39 is 5.82 Å². The number of carbonyl (C=O) groups is 1. The average Bonchev–Trinajstić information content (AvgIpc) is 3.50. The van der Waals surface area contributed by atoms with Gasteiger partial charge < -0.3 is 15.0 Å². The van der Waals surface area contributed by atoms with Crippen LogP contribution < -0.4 is 15.0 Å². The molecule has 2 fully saturated rings. The van der Waals surface area contributed by atoms with Crippen molar-refractivity contribution < 1.29 is 13.9 Å². The van der Waals surface area contributed by atoms with Crippen LogP contribution >= 0.6 is 11.8 Å². The zero-order valence-electron chi connectivity index (χ0n) is 18.9. The zero-order valence-corrected chi connectivity index (χ0v) is 19.7. The Hall–Kier alpha value is -2.68. The summed E-state index contributed by atoms with van der Waals surface area (Å²) >= 11 is 1.60. The molecule has 1 aromatic carbocycles. The summed E-state index contributed by atoms with van der Waals surface area (Å²) in [5.41, 5.74) is 0.587. The molecule has 1 aliphatic carbocycles. The molecule has 0 unspecified atom stereocenters. The third-order valence-electron chi connectivity index (χ3n) is 7.09. The van der Waals surface area contributed by atoms with Gasteiger partial charge in [-0.05, 0) is 37.8 Å². The Bertz CT molecular complexity index is 1080. The molecule has 0 spiro atoms. The number of rotatable bonds is 4. The van der Waals surface area contributed by atoms with Crippen LogP contribution in [0, 0.1) is 24.6 Å². The highest BCUT2D eigenvalue weighted by atomic mass is 32.2. The van der Waals surface area contributed by atoms with Crippen LogP contribution in [0.1, 0.15) is 41.7 Å². The first kappa shape index (κ1) is 22.1. The minimum atomic E-state index is -0.525. The Balaban J connectivity index is 1.46. The molecular weight excluding hydrogens is 441 g/mol. The summed E-state index contributed by atoms with van der Waals surface area (Å²) in [5.74, 6) is 1.40. The maximum atomic E-state index is 14.3. The fraction of sp³-hybridized carbons (Fsp3) is 0.500. The number of hydrogen-bond donors (Lipinski definition) is 1. The van der Waals surface area contributed by atoms with Crippen molar-refractivity contribution in [3.8, 4) is 5.88 Å². The lowest BCUT2D eigenvalue weighted by atomic mass is 9.76. The summed E-state index contributed by atoms with van der Waals surface area (Å²) in [6.45, 7) is 3.03. The number of aromatic nitrogens is 2. The van der Waals surface area contributed by atoms with Crippen LogP contribution in [0.2, 0.25) is 0 Å². The number of aryl methyl sites for hydroxylation is 1. The number of amides is 1. The molecule has 7 nitrogen and oxygen atoms in total. The highest BCUT2D eigenvalue weighted by Crippen LogP contribution is 2.49. The lowest BCUT2D eigenvalue weighted by molar-refractivity contribution is 0.0977. The summed E-state index contributed by atoms with van der Waals surface area (Å²) in [7, 11) is 1.42. The molecule has 9 heteroatoms. The van der Waals surface area contributed by atoms with Gasteiger partial charge in [-0.15, -0.1) is 0 Å². The molecule has 1 amide bonds. The smallest absolute Gasteiger partial charge is 0.257 e. The van der Waals surface area contributed by atoms with E-state index in [0.717, 1.165) is 25.1 Å². The standard InChI is InChI=1S/C24H28FN5O2S/c1-15-19(25)21(32-2)28-22(26-15)30-12-18-13-33-23(27-20(31)16-8-4-3-5-9-16)29-24(18,14-30)17-10-6-7-11-17/h3-5,8-9,17-18H,6-7,10-14H2,1-2H3,(H,27,29,31)/t18-,24+/m0/s1. The van der Waals surface area contributed by atoms with Gasteiger partial charge in [-0.2, -0.15) is 9.37 Å². The van der Waals surface area contributed by atoms with Gasteiger partial charge in [-0.25, -0.2) is 4.98 Å². The van der Waals surface area contributed by atoms with Crippen molar-refractivity contribution in [1.29, 1.82) is 0 Å². The van der Waals surface area contributed by atoms with E-state index in [0.29, 0.717) is 35.1 Å². The first-order valence-corrected chi connectivity index (χ1v) is 12.4. The third kappa shape index (κ3) is 4.07. The predicted octanol–water partition coefficient (Wildman–Crippen LogP) is 3.83. The van der Waals surface area contributed by atoms with Crippen LogP contribution in [-0.4, -0.2) is 52.5 Å². The van der Waals surface area contributed by atoms with E-state index in [9.17, 15) is 9.18 Å². The highest BCUT2D eigenvalue weighted by molar-refractivity contribution is 8.13. The van der Waals surface area contributed by atoms with Gasteiger partial charge in [0.1, 0.15) is 0 Å². The van der Waals surface area contributed by atoms with Crippen LogP contribution in [0.25, 0.3) is 0 Å². The molecule has 0 radical (unpaired) electrons. The summed E-state index contributed by atoms with van der Waals surface area (Å²) < 4.78 is 19.4. The second-order valence-corrected chi connectivity index (χ2v) is 10.0. The van der Waals surface area contributed by atoms with Crippen LogP contribution in [0.3, 0.4) is 0 Å². The number of ether oxygens (including phenoxy) is 1. The number of aliphatic imine (C=N–C) groups is 1. The zero-order chi connectivity index (χ0) is 23.0. The van der Waals surface area contributed by atoms with Gasteiger partial charge in [0.25, 0.3) is 11.8 Å². The predicted molar refractivity (Wildman–Crippen MR) is 127 cm³/mol. The van der Waals surface area contributed by atoms with Crippen molar-refractivity contribution in [3.63, 3.8) is 0 Å². The highest BCUT2D eigenvalue weighted by Gasteiger charge is 2.54. The van der Waals surface area contributed by atoms with E-state index in [1.54, 1.807) is 30.8 Å². The summed E-state index contributed by atoms with van der Waals surface area (Å²) in [6, 6.07) is 9.21. The Morgan fingerprint density at radius 2 is 1.97 bits per heavy atom. The van der Waals surface area contributed by atoms with Gasteiger partial charge >= 0.3 is 0 Å². The number of amidine groups is 1. The number of anilines is 1. The topological polar surface area (TPSA) is 79.7 Å². The van der Waals surface area contributed by atoms with Gasteiger partial charge in [-0.3, -0.25) is 9.79 Å². The largest absolute Gasteiger partial charge is 0.479 e. The Morgan fingerprint density at radius 1 is 1.21 bits per heavy atom. The number of nitrogens with one attached hydrogen (secondary N) is 1. The molecule has 1 N–H and O–H groups in total. The van der Waals surface area contributed by atoms with E-state index in [1.165, 1.54) is 20.0 Å². The Kier molecular flexibility index (Phi) is 5.99. The van der Waals surface area contributed by atoms with Gasteiger partial charge in [-0.1, -0.05) is 42.8 Å². The average molecular weight is 470 g/mol. The minimum absolute atomic E-state index is 0.0315. The Morgan fingerprint density at radius 3 is 2.70 bits per heavy atom. The molecule has 1 aromatic heterocycles. The number of hydrogen-bond acceptors (Lipinski definition) is 7. The first-order chi connectivity index (χ1) is 16.0. The summed E-state index contributed by atoms with van der Waals surface area (Å²) in [5, 5.41) is 3.72. The van der Waals surface area contributed by atoms with Crippen molar-refractivity contribution in [3.05, 3.63) is 47.4 Å². The van der Waals surface area contributed by atoms with Gasteiger partial charge in [0.05, 0.1) is 18.3 Å². The maximum absolute atomic E-state index is 14.3. The normalized spacial score (nSPS) is 25.0. The van der Waals surface area contributed by atoms with Crippen molar-refractivity contribution in [2.24, 2.45) is 16.8 Å². The van der Waals surface area contributed by atoms with Gasteiger partial charge in [0, 0.05) is 30.3 Å². The van der Waals surface area contributed by atoms with E-state index in [-0.39, 0.29) is 23.0 Å². The van der Waals surface area contributed by atoms with Crippen molar-refractivity contribution in [2.75, 3.05) is 30.9 Å². The molecule has 2 aliphatic heterocycles. The first-order valence-electron chi connectivity index (χ1n) is 11.4. The van der Waals surface area contributed by atoms with Crippen LogP contribution in [0.15, 0.2) is 35.3 Å². The van der Waals surface area contributed by atoms with Gasteiger partial charge in [0.2, 0.25) is 11.8 Å². The monoisotopic (exact) mass is 469 g/mol. The molecule has 2 aromatic rings. The van der Waals surface area contributed by atoms with E-state index in [1.807, 2.05) is 18.2 Å². The van der Waals surface area contributed by atoms with E-state index in [2.05, 4.69) is 20.2 Å². The second-order valence-electron chi connectivity index (χ2n) is 9.03. The Labute approximate surface area is 197 Å². The van der Waals surface area contributed by atoms with Gasteiger partial charge in [0.15, 0.2) is 5.17 Å². The van der Waals surface area contributed by atoms with Crippen LogP contribution in [-0.2, 0) is 0 Å². The summed E-state index contributed by atoms with van der Waals surface area (Å²) in [6.07, 6.45) is 4.66. The van der Waals surface area contributed by atoms with Crippen LogP contribution in [0.5, 0.6) is 5.88 Å². The molecule has 174 valence electrons. The van der Waals surface area contributed by atoms with E-state index in [4.69, 9.17) is 9.73 Å². The number of carbonyl (C=O) groups excluding carboxylic acids is 1. The van der Waals surface area contributed by atoms with Crippen LogP contribution in [0.4, 0.5) is 10.3 Å². The fourth-order valence-corrected chi connectivity index (χ4v) is 6.55. The third-order valence-corrected chi connectivity index (χ3v) is 8.13. The molecule has 2 atom stereocenters. The minimum Gasteiger partial charge on any atom is -0.479 e. The lowest BCUT2D eigenvalue weighted by Crippen LogP contribution is -2.49. The summed E-state index contributed by atoms with van der Waals surface area (Å²) in [4.78, 5) is 28.9. The molecule has 33 heavy (non-hydrogen) atoms. The van der Waals surface area contributed by atoms with Crippen molar-refractivity contribution in [1.82, 2.24) is 15.3 Å². The second kappa shape index (κ2) is 8.93. The number of methoxy groups -OCH3 is 1. The number of nitrogens with zero attached hydrogens (tertiary/aromatic N) is 4. The molecule has 3 heterocycles. The van der Waals surface area contributed by atoms with Crippen molar-refractivity contribution >= 4 is 28.8 Å². The number of fused-ring (bicyclic) bond motifs is 1. The van der Waals surface area contributed by atoms with Crippen molar-refractivity contribution in [2.45, 2.75) is 38.1 Å². The number of thioether (sulfide) groups is 1. The molecule has 1 saturated carbocycles. The molecule has 3 aliphatic rings. The molecular formula is C24H28FN5O2S. The lowest BCUT2D eigenvalue weighted by Gasteiger charge is -2.39.